The van der Waals surface area contributed by atoms with Crippen LogP contribution in [0.5, 0.6) is 0 Å². The first-order valence-corrected chi connectivity index (χ1v) is 27.3. The molecule has 28 heteroatoms. The van der Waals surface area contributed by atoms with E-state index in [1.807, 2.05) is 24.3 Å². The van der Waals surface area contributed by atoms with Gasteiger partial charge in [0.15, 0.2) is 0 Å². The number of benzene rings is 2. The fraction of sp³-hybridized carbons (Fsp3) is 0.558. The summed E-state index contributed by atoms with van der Waals surface area (Å²) in [7, 11) is 0. The Hall–Kier alpha value is -7.02. The molecule has 3 atom stereocenters. The summed E-state index contributed by atoms with van der Waals surface area (Å²) < 4.78 is 1.01. The highest BCUT2D eigenvalue weighted by Gasteiger charge is 2.29. The maximum Gasteiger partial charge on any atom is 0.326 e. The van der Waals surface area contributed by atoms with Crippen molar-refractivity contribution in [1.82, 2.24) is 45.8 Å². The average molecular weight is 1240 g/mol. The minimum atomic E-state index is -1.53. The minimum absolute atomic E-state index is 0.00175. The zero-order valence-electron chi connectivity index (χ0n) is 44.5. The zero-order chi connectivity index (χ0) is 59.1. The van der Waals surface area contributed by atoms with Gasteiger partial charge in [-0.05, 0) is 96.5 Å². The van der Waals surface area contributed by atoms with E-state index in [0.717, 1.165) is 14.7 Å². The smallest absolute Gasteiger partial charge is 0.326 e. The van der Waals surface area contributed by atoms with Gasteiger partial charge in [0.05, 0.1) is 19.6 Å². The fourth-order valence-corrected chi connectivity index (χ4v) is 9.00. The second-order valence-corrected chi connectivity index (χ2v) is 20.5. The first-order chi connectivity index (χ1) is 38.0. The molecule has 0 bridgehead atoms. The van der Waals surface area contributed by atoms with Crippen LogP contribution in [0.15, 0.2) is 48.5 Å². The van der Waals surface area contributed by atoms with Crippen molar-refractivity contribution in [2.24, 2.45) is 0 Å². The first-order valence-electron chi connectivity index (χ1n) is 26.2. The van der Waals surface area contributed by atoms with E-state index in [1.165, 1.54) is 0 Å². The molecule has 11 N–H and O–H groups in total. The van der Waals surface area contributed by atoms with Gasteiger partial charge in [0.25, 0.3) is 5.91 Å². The summed E-state index contributed by atoms with van der Waals surface area (Å²) in [4.78, 5) is 142. The third-order valence-electron chi connectivity index (χ3n) is 13.0. The van der Waals surface area contributed by atoms with Crippen LogP contribution in [0.4, 0.5) is 4.79 Å². The molecule has 2 aromatic rings. The number of nitrogens with one attached hydrogen (secondary N) is 4. The number of nitrogens with zero attached hydrogens (tertiary/aromatic N) is 5. The Balaban J connectivity index is 1.48. The highest BCUT2D eigenvalue weighted by Crippen LogP contribution is 2.17. The molecule has 80 heavy (non-hydrogen) atoms. The van der Waals surface area contributed by atoms with E-state index in [1.54, 1.807) is 48.8 Å². The molecule has 0 radical (unpaired) electrons. The molecule has 0 spiro atoms. The number of halogens is 1. The van der Waals surface area contributed by atoms with E-state index in [4.69, 9.17) is 5.11 Å². The van der Waals surface area contributed by atoms with Crippen molar-refractivity contribution in [2.75, 3.05) is 85.1 Å². The molecule has 2 aromatic carbocycles. The van der Waals surface area contributed by atoms with E-state index in [-0.39, 0.29) is 129 Å². The number of hydrogen-bond acceptors (Lipinski definition) is 15. The van der Waals surface area contributed by atoms with Crippen molar-refractivity contribution in [2.45, 2.75) is 102 Å². The Bertz CT molecular complexity index is 2370. The van der Waals surface area contributed by atoms with Gasteiger partial charge in [-0.15, -0.1) is 0 Å². The molecule has 1 aliphatic rings. The van der Waals surface area contributed by atoms with E-state index < -0.39 is 84.7 Å². The van der Waals surface area contributed by atoms with Gasteiger partial charge in [0.1, 0.15) is 18.1 Å². The summed E-state index contributed by atoms with van der Waals surface area (Å²) in [6, 6.07) is 9.29. The number of rotatable bonds is 34. The van der Waals surface area contributed by atoms with Crippen molar-refractivity contribution in [1.29, 1.82) is 0 Å². The van der Waals surface area contributed by atoms with E-state index in [2.05, 4.69) is 43.9 Å². The lowest BCUT2D eigenvalue weighted by Gasteiger charge is -2.35. The predicted octanol–water partition coefficient (Wildman–Crippen LogP) is 1.18. The van der Waals surface area contributed by atoms with Crippen molar-refractivity contribution >= 4 is 88.1 Å². The van der Waals surface area contributed by atoms with Gasteiger partial charge in [0.2, 0.25) is 11.8 Å². The molecule has 0 saturated carbocycles. The van der Waals surface area contributed by atoms with Gasteiger partial charge >= 0.3 is 47.8 Å². The van der Waals surface area contributed by atoms with Crippen LogP contribution >= 0.6 is 22.6 Å². The molecule has 3 rings (SSSR count). The first kappa shape index (κ1) is 67.3. The topological polar surface area (TPSA) is 394 Å². The van der Waals surface area contributed by atoms with Crippen molar-refractivity contribution in [3.63, 3.8) is 0 Å². The molecule has 1 aliphatic heterocycles. The summed E-state index contributed by atoms with van der Waals surface area (Å²) >= 11 is 2.18. The Kier molecular flexibility index (Phi) is 30.5. The minimum Gasteiger partial charge on any atom is -0.481 e. The summed E-state index contributed by atoms with van der Waals surface area (Å²) in [5, 5.41) is 76.5. The number of carbonyl (C=O) groups is 11. The van der Waals surface area contributed by atoms with Gasteiger partial charge in [-0.3, -0.25) is 58.0 Å². The number of carbonyl (C=O) groups excluding carboxylic acids is 4. The SMILES string of the molecule is O=C(O)CC[C@@H](NC(=O)N[C@H](CCCCCN(Cc1ccc(I)cc1)C(=O)c1ccc(CNC(=O)CCCCNC(=O)CCC(C(=O)O)N2CCN(CC(=O)O)CCN(CC(=O)O)CCN(CC(=O)O)CC2)cc1)C(=O)O)C(=O)O. The molecular weight excluding hydrogens is 1170 g/mol. The number of amides is 5. The second kappa shape index (κ2) is 36.3. The number of hydrogen-bond donors (Lipinski definition) is 11. The summed E-state index contributed by atoms with van der Waals surface area (Å²) in [5.41, 5.74) is 2.00. The quantitative estimate of drug-likeness (QED) is 0.0346. The normalized spacial score (nSPS) is 15.1. The summed E-state index contributed by atoms with van der Waals surface area (Å²) in [5.74, 6) is -9.54. The molecule has 1 unspecified atom stereocenters. The third-order valence-corrected chi connectivity index (χ3v) is 13.7. The Morgan fingerprint density at radius 2 is 1.00 bits per heavy atom. The molecule has 0 aliphatic carbocycles. The van der Waals surface area contributed by atoms with Crippen LogP contribution in [0.3, 0.4) is 0 Å². The van der Waals surface area contributed by atoms with Crippen LogP contribution in [-0.2, 0) is 56.2 Å². The lowest BCUT2D eigenvalue weighted by molar-refractivity contribution is -0.145. The van der Waals surface area contributed by atoms with E-state index >= 15 is 0 Å². The van der Waals surface area contributed by atoms with Crippen LogP contribution in [0.2, 0.25) is 0 Å². The molecule has 1 fully saturated rings. The number of aliphatic carboxylic acids is 7. The van der Waals surface area contributed by atoms with Crippen LogP contribution in [0, 0.1) is 3.57 Å². The predicted molar refractivity (Wildman–Crippen MR) is 293 cm³/mol. The van der Waals surface area contributed by atoms with E-state index in [0.29, 0.717) is 44.2 Å². The van der Waals surface area contributed by atoms with Crippen molar-refractivity contribution in [3.8, 4) is 0 Å². The highest BCUT2D eigenvalue weighted by atomic mass is 127. The van der Waals surface area contributed by atoms with Crippen LogP contribution in [-0.4, -0.2) is 229 Å². The molecular formula is C52H74IN9O18. The summed E-state index contributed by atoms with van der Waals surface area (Å²) in [6.45, 7) is 0.965. The van der Waals surface area contributed by atoms with Gasteiger partial charge in [-0.2, -0.15) is 0 Å². The standard InChI is InChI=1S/C52H74IN9O18/c53-38-14-10-36(11-15-38)31-62(21-5-1-2-6-39(49(74)75)56-52(80)57-40(50(76)77)16-19-44(65)66)48(73)37-12-8-35(9-13-37)30-55-42(63)7-3-4-20-54-43(64)18-17-41(51(78)79)61-28-26-59(33-46(69)70)24-22-58(32-45(67)68)23-25-60(27-29-61)34-47(71)72/h8-15,39-41H,1-7,16-34H2,(H,54,64)(H,55,63)(H,65,66)(H,67,68)(H,69,70)(H,71,72)(H,74,75)(H,76,77)(H,78,79)(H2,56,57,80)/t39-,40-,41?/m1/s1. The van der Waals surface area contributed by atoms with E-state index in [9.17, 15) is 83.4 Å². The van der Waals surface area contributed by atoms with Crippen LogP contribution in [0.25, 0.3) is 0 Å². The molecule has 1 heterocycles. The third kappa shape index (κ3) is 27.7. The second-order valence-electron chi connectivity index (χ2n) is 19.3. The highest BCUT2D eigenvalue weighted by molar-refractivity contribution is 14.1. The molecule has 27 nitrogen and oxygen atoms in total. The Labute approximate surface area is 476 Å². The lowest BCUT2D eigenvalue weighted by Crippen LogP contribution is -2.52. The Morgan fingerprint density at radius 1 is 0.500 bits per heavy atom. The number of carboxylic acids is 7. The molecule has 442 valence electrons. The largest absolute Gasteiger partial charge is 0.481 e. The Morgan fingerprint density at radius 3 is 1.50 bits per heavy atom. The maximum atomic E-state index is 13.9. The molecule has 1 saturated heterocycles. The molecule has 0 aromatic heterocycles. The summed E-state index contributed by atoms with van der Waals surface area (Å²) in [6.07, 6.45) is 1.14. The van der Waals surface area contributed by atoms with Crippen LogP contribution < -0.4 is 21.3 Å². The van der Waals surface area contributed by atoms with Crippen LogP contribution in [0.1, 0.15) is 92.1 Å². The van der Waals surface area contributed by atoms with Gasteiger partial charge in [0, 0.05) is 107 Å². The van der Waals surface area contributed by atoms with Crippen molar-refractivity contribution < 1.29 is 88.5 Å². The number of urea groups is 1. The number of carboxylic acid groups (broad SMARTS) is 7. The molecule has 5 amide bonds. The van der Waals surface area contributed by atoms with Gasteiger partial charge in [-0.1, -0.05) is 37.1 Å². The van der Waals surface area contributed by atoms with Gasteiger partial charge in [-0.25, -0.2) is 14.4 Å². The number of unbranched alkanes of at least 4 members (excludes halogenated alkanes) is 3. The van der Waals surface area contributed by atoms with Gasteiger partial charge < -0.3 is 61.9 Å². The zero-order valence-corrected chi connectivity index (χ0v) is 46.6. The fourth-order valence-electron chi connectivity index (χ4n) is 8.64. The lowest BCUT2D eigenvalue weighted by atomic mass is 10.1. The maximum absolute atomic E-state index is 13.9. The monoisotopic (exact) mass is 1240 g/mol. The average Bonchev–Trinajstić information content (AvgIpc) is 3.40. The van der Waals surface area contributed by atoms with Crippen molar-refractivity contribution in [3.05, 3.63) is 68.8 Å².